The zero-order valence-corrected chi connectivity index (χ0v) is 14.6. The van der Waals surface area contributed by atoms with Crippen LogP contribution in [-0.2, 0) is 26.9 Å². The molecule has 0 bridgehead atoms. The second-order valence-electron chi connectivity index (χ2n) is 5.02. The van der Waals surface area contributed by atoms with E-state index in [0.717, 1.165) is 10.7 Å². The van der Waals surface area contributed by atoms with Crippen molar-refractivity contribution in [2.75, 3.05) is 25.6 Å². The number of aromatic nitrogens is 1. The first-order valence-corrected chi connectivity index (χ1v) is 9.46. The van der Waals surface area contributed by atoms with Gasteiger partial charge in [-0.1, -0.05) is 0 Å². The fourth-order valence-electron chi connectivity index (χ4n) is 1.90. The van der Waals surface area contributed by atoms with Crippen LogP contribution in [0.25, 0.3) is 0 Å². The van der Waals surface area contributed by atoms with Gasteiger partial charge in [0.15, 0.2) is 9.84 Å². The lowest BCUT2D eigenvalue weighted by Crippen LogP contribution is -2.09. The highest BCUT2D eigenvalue weighted by Gasteiger charge is 2.17. The average Bonchev–Trinajstić information content (AvgIpc) is 2.92. The number of sulfone groups is 1. The fraction of sp³-hybridized carbons (Fsp3) is 0.400. The summed E-state index contributed by atoms with van der Waals surface area (Å²) in [6.07, 6.45) is 0. The Hall–Kier alpha value is -1.44. The van der Waals surface area contributed by atoms with Crippen LogP contribution >= 0.6 is 11.3 Å². The molecule has 7 heteroatoms. The van der Waals surface area contributed by atoms with Gasteiger partial charge in [0.25, 0.3) is 0 Å². The number of rotatable bonds is 7. The molecular formula is C15H20N2O3S2. The van der Waals surface area contributed by atoms with Gasteiger partial charge in [-0.15, -0.1) is 11.3 Å². The van der Waals surface area contributed by atoms with E-state index in [0.29, 0.717) is 23.8 Å². The van der Waals surface area contributed by atoms with E-state index < -0.39 is 9.84 Å². The van der Waals surface area contributed by atoms with E-state index >= 15 is 0 Å². The van der Waals surface area contributed by atoms with Gasteiger partial charge < -0.3 is 9.64 Å². The third-order valence-electron chi connectivity index (χ3n) is 3.08. The number of nitrogens with zero attached hydrogens (tertiary/aromatic N) is 2. The number of ether oxygens (including phenoxy) is 1. The number of benzene rings is 1. The van der Waals surface area contributed by atoms with Crippen LogP contribution in [0.5, 0.6) is 0 Å². The molecule has 0 aliphatic heterocycles. The first kappa shape index (κ1) is 16.9. The summed E-state index contributed by atoms with van der Waals surface area (Å²) in [5.74, 6) is -0.0864. The van der Waals surface area contributed by atoms with Crippen molar-refractivity contribution in [3.05, 3.63) is 40.3 Å². The highest BCUT2D eigenvalue weighted by Crippen LogP contribution is 2.21. The largest absolute Gasteiger partial charge is 0.378 e. The van der Waals surface area contributed by atoms with Crippen molar-refractivity contribution in [1.29, 1.82) is 0 Å². The summed E-state index contributed by atoms with van der Waals surface area (Å²) in [6.45, 7) is 2.96. The molecule has 120 valence electrons. The zero-order valence-electron chi connectivity index (χ0n) is 12.9. The first-order chi connectivity index (χ1) is 10.4. The summed E-state index contributed by atoms with van der Waals surface area (Å²) in [6, 6.07) is 6.87. The fourth-order valence-corrected chi connectivity index (χ4v) is 3.99. The van der Waals surface area contributed by atoms with Gasteiger partial charge in [0.1, 0.15) is 5.01 Å². The molecule has 2 rings (SSSR count). The summed E-state index contributed by atoms with van der Waals surface area (Å²) in [7, 11) is 0.453. The number of thiazole rings is 1. The third-order valence-corrected chi connectivity index (χ3v) is 5.62. The van der Waals surface area contributed by atoms with Crippen LogP contribution in [0.4, 0.5) is 5.69 Å². The maximum absolute atomic E-state index is 12.4. The van der Waals surface area contributed by atoms with Crippen molar-refractivity contribution in [3.63, 3.8) is 0 Å². The minimum Gasteiger partial charge on any atom is -0.378 e. The van der Waals surface area contributed by atoms with Gasteiger partial charge in [0.05, 0.1) is 22.9 Å². The predicted molar refractivity (Wildman–Crippen MR) is 89.1 cm³/mol. The molecule has 5 nitrogen and oxygen atoms in total. The molecule has 0 aliphatic rings. The van der Waals surface area contributed by atoms with E-state index in [4.69, 9.17) is 4.74 Å². The van der Waals surface area contributed by atoms with Crippen LogP contribution < -0.4 is 4.90 Å². The monoisotopic (exact) mass is 340 g/mol. The van der Waals surface area contributed by atoms with Gasteiger partial charge in [-0.05, 0) is 31.2 Å². The Labute approximate surface area is 135 Å². The Morgan fingerprint density at radius 3 is 2.50 bits per heavy atom. The van der Waals surface area contributed by atoms with E-state index in [1.807, 2.05) is 25.9 Å². The Balaban J connectivity index is 2.11. The molecule has 0 saturated heterocycles. The smallest absolute Gasteiger partial charge is 0.184 e. The van der Waals surface area contributed by atoms with Crippen LogP contribution in [0.1, 0.15) is 17.6 Å². The first-order valence-electron chi connectivity index (χ1n) is 6.93. The van der Waals surface area contributed by atoms with E-state index in [2.05, 4.69) is 4.98 Å². The molecule has 0 N–H and O–H groups in total. The molecule has 0 aliphatic carbocycles. The SMILES string of the molecule is CCOCc1nc(CS(=O)(=O)c2ccc(N(C)C)cc2)cs1. The Morgan fingerprint density at radius 1 is 1.23 bits per heavy atom. The van der Waals surface area contributed by atoms with Crippen molar-refractivity contribution in [2.45, 2.75) is 24.2 Å². The summed E-state index contributed by atoms with van der Waals surface area (Å²) in [4.78, 5) is 6.55. The molecule has 1 aromatic carbocycles. The van der Waals surface area contributed by atoms with Gasteiger partial charge in [-0.3, -0.25) is 0 Å². The van der Waals surface area contributed by atoms with Crippen LogP contribution in [0.2, 0.25) is 0 Å². The topological polar surface area (TPSA) is 59.5 Å². The van der Waals surface area contributed by atoms with Crippen molar-refractivity contribution < 1.29 is 13.2 Å². The lowest BCUT2D eigenvalue weighted by atomic mass is 10.3. The molecule has 2 aromatic rings. The van der Waals surface area contributed by atoms with Crippen LogP contribution in [0.3, 0.4) is 0 Å². The molecular weight excluding hydrogens is 320 g/mol. The molecule has 22 heavy (non-hydrogen) atoms. The summed E-state index contributed by atoms with van der Waals surface area (Å²) >= 11 is 1.42. The quantitative estimate of drug-likeness (QED) is 0.775. The number of hydrogen-bond acceptors (Lipinski definition) is 6. The molecule has 0 unspecified atom stereocenters. The lowest BCUT2D eigenvalue weighted by molar-refractivity contribution is 0.134. The highest BCUT2D eigenvalue weighted by atomic mass is 32.2. The van der Waals surface area contributed by atoms with Crippen molar-refractivity contribution >= 4 is 26.9 Å². The molecule has 0 spiro atoms. The molecule has 1 heterocycles. The van der Waals surface area contributed by atoms with Gasteiger partial charge in [0, 0.05) is 31.8 Å². The van der Waals surface area contributed by atoms with Gasteiger partial charge in [-0.2, -0.15) is 0 Å². The highest BCUT2D eigenvalue weighted by molar-refractivity contribution is 7.90. The van der Waals surface area contributed by atoms with Crippen molar-refractivity contribution in [2.24, 2.45) is 0 Å². The summed E-state index contributed by atoms with van der Waals surface area (Å²) in [5, 5.41) is 2.58. The molecule has 0 radical (unpaired) electrons. The van der Waals surface area contributed by atoms with Crippen LogP contribution in [0, 0.1) is 0 Å². The van der Waals surface area contributed by atoms with Crippen molar-refractivity contribution in [3.8, 4) is 0 Å². The lowest BCUT2D eigenvalue weighted by Gasteiger charge is -2.12. The van der Waals surface area contributed by atoms with Crippen LogP contribution in [-0.4, -0.2) is 34.1 Å². The van der Waals surface area contributed by atoms with Crippen molar-refractivity contribution in [1.82, 2.24) is 4.98 Å². The maximum Gasteiger partial charge on any atom is 0.184 e. The minimum absolute atomic E-state index is 0.0864. The predicted octanol–water partition coefficient (Wildman–Crippen LogP) is 2.72. The van der Waals surface area contributed by atoms with E-state index in [9.17, 15) is 8.42 Å². The van der Waals surface area contributed by atoms with E-state index in [1.165, 1.54) is 11.3 Å². The second-order valence-corrected chi connectivity index (χ2v) is 7.95. The standard InChI is InChI=1S/C15H20N2O3S2/c1-4-20-9-15-16-12(10-21-15)11-22(18,19)14-7-5-13(6-8-14)17(2)3/h5-8,10H,4,9,11H2,1-3H3. The Bertz CT molecular complexity index is 707. The second kappa shape index (κ2) is 7.21. The van der Waals surface area contributed by atoms with Gasteiger partial charge in [-0.25, -0.2) is 13.4 Å². The summed E-state index contributed by atoms with van der Waals surface area (Å²) in [5.41, 5.74) is 1.53. The summed E-state index contributed by atoms with van der Waals surface area (Å²) < 4.78 is 30.1. The maximum atomic E-state index is 12.4. The molecule has 0 fully saturated rings. The zero-order chi connectivity index (χ0) is 16.2. The number of hydrogen-bond donors (Lipinski definition) is 0. The minimum atomic E-state index is -3.38. The van der Waals surface area contributed by atoms with E-state index in [1.54, 1.807) is 29.6 Å². The molecule has 1 aromatic heterocycles. The molecule has 0 amide bonds. The van der Waals surface area contributed by atoms with Crippen LogP contribution in [0.15, 0.2) is 34.5 Å². The third kappa shape index (κ3) is 4.28. The Kier molecular flexibility index (Phi) is 5.55. The average molecular weight is 340 g/mol. The molecule has 0 saturated carbocycles. The normalized spacial score (nSPS) is 11.6. The molecule has 0 atom stereocenters. The Morgan fingerprint density at radius 2 is 1.91 bits per heavy atom. The number of anilines is 1. The van der Waals surface area contributed by atoms with E-state index in [-0.39, 0.29) is 5.75 Å². The van der Waals surface area contributed by atoms with Gasteiger partial charge >= 0.3 is 0 Å². The van der Waals surface area contributed by atoms with Gasteiger partial charge in [0.2, 0.25) is 0 Å².